The number of aromatic amines is 1. The Bertz CT molecular complexity index is 897. The van der Waals surface area contributed by atoms with Gasteiger partial charge in [0.05, 0.1) is 17.7 Å². The van der Waals surface area contributed by atoms with Gasteiger partial charge in [-0.1, -0.05) is 18.2 Å². The van der Waals surface area contributed by atoms with E-state index in [0.29, 0.717) is 12.2 Å². The van der Waals surface area contributed by atoms with Crippen molar-refractivity contribution < 1.29 is 9.53 Å². The predicted molar refractivity (Wildman–Crippen MR) is 97.0 cm³/mol. The second kappa shape index (κ2) is 7.09. The normalized spacial score (nSPS) is 19.8. The molecule has 0 unspecified atom stereocenters. The fraction of sp³-hybridized carbons (Fsp3) is 0.333. The van der Waals surface area contributed by atoms with Crippen molar-refractivity contribution in [3.8, 4) is 0 Å². The summed E-state index contributed by atoms with van der Waals surface area (Å²) in [6, 6.07) is 9.56. The van der Waals surface area contributed by atoms with Gasteiger partial charge in [0.15, 0.2) is 5.69 Å². The second-order valence-corrected chi connectivity index (χ2v) is 6.29. The number of ether oxygens (including phenoxy) is 1. The van der Waals surface area contributed by atoms with E-state index in [-0.39, 0.29) is 18.1 Å². The van der Waals surface area contributed by atoms with Crippen LogP contribution < -0.4 is 10.2 Å². The number of carbonyl (C=O) groups is 1. The Morgan fingerprint density at radius 1 is 1.38 bits per heavy atom. The quantitative estimate of drug-likeness (QED) is 0.720. The monoisotopic (exact) mass is 352 g/mol. The van der Waals surface area contributed by atoms with Gasteiger partial charge in [-0.25, -0.2) is 9.97 Å². The first-order valence-corrected chi connectivity index (χ1v) is 8.53. The number of methoxy groups -OCH3 is 1. The smallest absolute Gasteiger partial charge is 0.272 e. The van der Waals surface area contributed by atoms with Gasteiger partial charge in [0.2, 0.25) is 0 Å². The van der Waals surface area contributed by atoms with E-state index < -0.39 is 0 Å². The summed E-state index contributed by atoms with van der Waals surface area (Å²) < 4.78 is 5.51. The number of carbonyl (C=O) groups excluding carboxylic acids is 1. The van der Waals surface area contributed by atoms with E-state index in [1.807, 2.05) is 30.3 Å². The number of nitrogens with zero attached hydrogens (tertiary/aromatic N) is 4. The predicted octanol–water partition coefficient (Wildman–Crippen LogP) is 1.38. The van der Waals surface area contributed by atoms with Crippen LogP contribution in [0.2, 0.25) is 0 Å². The number of benzene rings is 1. The molecule has 0 saturated carbocycles. The van der Waals surface area contributed by atoms with Gasteiger partial charge in [0.25, 0.3) is 5.91 Å². The Kier molecular flexibility index (Phi) is 4.49. The number of aromatic nitrogens is 4. The molecule has 1 saturated heterocycles. The molecule has 1 amide bonds. The van der Waals surface area contributed by atoms with Crippen LogP contribution in [0.4, 0.5) is 5.82 Å². The lowest BCUT2D eigenvalue weighted by molar-refractivity contribution is 0.0943. The minimum atomic E-state index is -0.189. The highest BCUT2D eigenvalue weighted by Gasteiger charge is 2.33. The standard InChI is InChI=1S/C18H20N6O2/c1-26-13-8-12(24(10-13)16-6-7-19-11-21-16)9-20-18(25)17-14-4-2-3-5-15(14)22-23-17/h2-7,11-13H,8-10H2,1H3,(H,20,25)(H,22,23)/t12-,13-/m1/s1. The molecule has 2 N–H and O–H groups in total. The fourth-order valence-corrected chi connectivity index (χ4v) is 3.40. The van der Waals surface area contributed by atoms with Gasteiger partial charge < -0.3 is 15.0 Å². The van der Waals surface area contributed by atoms with Gasteiger partial charge in [-0.15, -0.1) is 0 Å². The third-order valence-corrected chi connectivity index (χ3v) is 4.75. The third-order valence-electron chi connectivity index (χ3n) is 4.75. The maximum atomic E-state index is 12.6. The van der Waals surface area contributed by atoms with Crippen molar-refractivity contribution in [3.63, 3.8) is 0 Å². The lowest BCUT2D eigenvalue weighted by Crippen LogP contribution is -2.40. The topological polar surface area (TPSA) is 96.0 Å². The van der Waals surface area contributed by atoms with Crippen LogP contribution in [0.5, 0.6) is 0 Å². The van der Waals surface area contributed by atoms with E-state index in [1.165, 1.54) is 6.33 Å². The molecule has 2 atom stereocenters. The van der Waals surface area contributed by atoms with E-state index in [0.717, 1.165) is 29.7 Å². The van der Waals surface area contributed by atoms with Crippen LogP contribution in [0.25, 0.3) is 10.9 Å². The Morgan fingerprint density at radius 2 is 2.27 bits per heavy atom. The summed E-state index contributed by atoms with van der Waals surface area (Å²) in [6.07, 6.45) is 4.18. The van der Waals surface area contributed by atoms with E-state index in [1.54, 1.807) is 13.3 Å². The number of para-hydroxylation sites is 1. The van der Waals surface area contributed by atoms with Gasteiger partial charge >= 0.3 is 0 Å². The summed E-state index contributed by atoms with van der Waals surface area (Å²) >= 11 is 0. The Balaban J connectivity index is 1.48. The average molecular weight is 352 g/mol. The lowest BCUT2D eigenvalue weighted by atomic mass is 10.1. The number of anilines is 1. The van der Waals surface area contributed by atoms with Crippen molar-refractivity contribution in [1.29, 1.82) is 0 Å². The molecule has 2 aromatic heterocycles. The van der Waals surface area contributed by atoms with E-state index in [2.05, 4.69) is 30.4 Å². The largest absolute Gasteiger partial charge is 0.380 e. The molecule has 134 valence electrons. The van der Waals surface area contributed by atoms with Crippen molar-refractivity contribution in [2.75, 3.05) is 25.1 Å². The molecule has 4 rings (SSSR count). The van der Waals surface area contributed by atoms with Crippen LogP contribution >= 0.6 is 0 Å². The van der Waals surface area contributed by atoms with Gasteiger partial charge in [-0.05, 0) is 18.6 Å². The number of fused-ring (bicyclic) bond motifs is 1. The first-order valence-electron chi connectivity index (χ1n) is 8.53. The van der Waals surface area contributed by atoms with E-state index >= 15 is 0 Å². The van der Waals surface area contributed by atoms with Gasteiger partial charge in [-0.3, -0.25) is 9.89 Å². The number of amides is 1. The summed E-state index contributed by atoms with van der Waals surface area (Å²) in [5.41, 5.74) is 1.26. The zero-order valence-electron chi connectivity index (χ0n) is 14.4. The molecule has 1 aromatic carbocycles. The average Bonchev–Trinajstić information content (AvgIpc) is 3.31. The first-order chi connectivity index (χ1) is 12.8. The van der Waals surface area contributed by atoms with Crippen LogP contribution in [0.1, 0.15) is 16.9 Å². The molecule has 1 aliphatic rings. The number of hydrogen-bond acceptors (Lipinski definition) is 6. The van der Waals surface area contributed by atoms with Gasteiger partial charge in [0, 0.05) is 31.8 Å². The molecule has 0 radical (unpaired) electrons. The number of nitrogens with one attached hydrogen (secondary N) is 2. The summed E-state index contributed by atoms with van der Waals surface area (Å²) in [6.45, 7) is 1.23. The Labute approximate surface area is 150 Å². The van der Waals surface area contributed by atoms with Crippen molar-refractivity contribution >= 4 is 22.6 Å². The van der Waals surface area contributed by atoms with Gasteiger partial charge in [0.1, 0.15) is 12.1 Å². The highest BCUT2D eigenvalue weighted by molar-refractivity contribution is 6.04. The van der Waals surface area contributed by atoms with Crippen LogP contribution in [0, 0.1) is 0 Å². The summed E-state index contributed by atoms with van der Waals surface area (Å²) in [5.74, 6) is 0.648. The first kappa shape index (κ1) is 16.5. The second-order valence-electron chi connectivity index (χ2n) is 6.29. The Morgan fingerprint density at radius 3 is 3.08 bits per heavy atom. The molecule has 0 bridgehead atoms. The number of rotatable bonds is 5. The van der Waals surface area contributed by atoms with Crippen LogP contribution in [-0.2, 0) is 4.74 Å². The van der Waals surface area contributed by atoms with Gasteiger partial charge in [-0.2, -0.15) is 5.10 Å². The van der Waals surface area contributed by atoms with E-state index in [9.17, 15) is 4.79 Å². The van der Waals surface area contributed by atoms with Crippen LogP contribution in [0.15, 0.2) is 42.9 Å². The molecular weight excluding hydrogens is 332 g/mol. The third kappa shape index (κ3) is 3.11. The number of H-pyrrole nitrogens is 1. The molecule has 1 fully saturated rings. The van der Waals surface area contributed by atoms with Crippen molar-refractivity contribution in [1.82, 2.24) is 25.5 Å². The highest BCUT2D eigenvalue weighted by atomic mass is 16.5. The molecule has 8 nitrogen and oxygen atoms in total. The van der Waals surface area contributed by atoms with E-state index in [4.69, 9.17) is 4.74 Å². The van der Waals surface area contributed by atoms with Crippen molar-refractivity contribution in [2.24, 2.45) is 0 Å². The van der Waals surface area contributed by atoms with Crippen LogP contribution in [0.3, 0.4) is 0 Å². The fourth-order valence-electron chi connectivity index (χ4n) is 3.40. The molecule has 0 aliphatic carbocycles. The molecule has 8 heteroatoms. The molecule has 26 heavy (non-hydrogen) atoms. The Hall–Kier alpha value is -3.00. The minimum Gasteiger partial charge on any atom is -0.380 e. The molecule has 3 aromatic rings. The lowest BCUT2D eigenvalue weighted by Gasteiger charge is -2.25. The SMILES string of the molecule is CO[C@@H]1C[C@H](CNC(=O)c2n[nH]c3ccccc23)N(c2ccncn2)C1. The summed E-state index contributed by atoms with van der Waals surface area (Å²) in [5, 5.41) is 10.9. The highest BCUT2D eigenvalue weighted by Crippen LogP contribution is 2.25. The zero-order chi connectivity index (χ0) is 17.9. The molecular formula is C18H20N6O2. The van der Waals surface area contributed by atoms with Crippen LogP contribution in [-0.4, -0.2) is 58.4 Å². The minimum absolute atomic E-state index is 0.101. The molecule has 1 aliphatic heterocycles. The van der Waals surface area contributed by atoms with Crippen molar-refractivity contribution in [2.45, 2.75) is 18.6 Å². The summed E-state index contributed by atoms with van der Waals surface area (Å²) in [4.78, 5) is 23.0. The molecule has 3 heterocycles. The summed E-state index contributed by atoms with van der Waals surface area (Å²) in [7, 11) is 1.71. The maximum Gasteiger partial charge on any atom is 0.272 e. The number of hydrogen-bond donors (Lipinski definition) is 2. The zero-order valence-corrected chi connectivity index (χ0v) is 14.4. The van der Waals surface area contributed by atoms with Crippen molar-refractivity contribution in [3.05, 3.63) is 48.5 Å². The molecule has 0 spiro atoms. The maximum absolute atomic E-state index is 12.6.